The van der Waals surface area contributed by atoms with Gasteiger partial charge in [0.25, 0.3) is 0 Å². The standard InChI is InChI=1S/C52H57N9O6/c1-31(2)44(58-52(65)66-3)49(62)61-22-8-12-43(61)48-54-40-20-18-37-28-36(17-19-39(37)46(40)56-48)33-13-14-35-29-38(16-15-34(35)27-33)41-30-53-47(55-41)42-11-7-21-60(42)50(63)45(32-9-5-4-6-10-32)57-51(64)59-23-25-67-26-24-59/h4-6,9-10,13-20,27-31,42-45,47,53,55H,7-8,11-12,21-26H2,1-3H3,(H,54,56)(H,57,64)(H,58,65)/t42-,43-,44-,45+,47?/m0/s1. The van der Waals surface area contributed by atoms with Crippen LogP contribution >= 0.6 is 0 Å². The van der Waals surface area contributed by atoms with E-state index in [1.807, 2.05) is 60.2 Å². The number of nitrogens with one attached hydrogen (secondary N) is 5. The Hall–Kier alpha value is -7.13. The molecule has 15 nitrogen and oxygen atoms in total. The normalized spacial score (nSPS) is 20.4. The number of H-pyrrole nitrogens is 1. The van der Waals surface area contributed by atoms with Crippen LogP contribution in [-0.4, -0.2) is 113 Å². The van der Waals surface area contributed by atoms with Crippen molar-refractivity contribution in [2.45, 2.75) is 69.9 Å². The van der Waals surface area contributed by atoms with Crippen molar-refractivity contribution in [3.05, 3.63) is 120 Å². The number of amides is 5. The Morgan fingerprint density at radius 3 is 2.21 bits per heavy atom. The summed E-state index contributed by atoms with van der Waals surface area (Å²) < 4.78 is 10.2. The van der Waals surface area contributed by atoms with Crippen LogP contribution in [-0.2, 0) is 19.1 Å². The molecule has 5 N–H and O–H groups in total. The molecule has 4 aliphatic rings. The van der Waals surface area contributed by atoms with Gasteiger partial charge in [0.1, 0.15) is 24.1 Å². The van der Waals surface area contributed by atoms with Crippen LogP contribution in [0.25, 0.3) is 49.4 Å². The molecule has 0 aliphatic carbocycles. The van der Waals surface area contributed by atoms with Gasteiger partial charge in [-0.05, 0) is 94.3 Å². The zero-order chi connectivity index (χ0) is 46.2. The van der Waals surface area contributed by atoms with E-state index in [2.05, 4.69) is 93.0 Å². The lowest BCUT2D eigenvalue weighted by Crippen LogP contribution is -2.55. The van der Waals surface area contributed by atoms with Crippen molar-refractivity contribution in [3.8, 4) is 11.1 Å². The number of aromatic nitrogens is 2. The number of likely N-dealkylation sites (tertiary alicyclic amines) is 2. The predicted molar refractivity (Wildman–Crippen MR) is 257 cm³/mol. The maximum absolute atomic E-state index is 14.4. The van der Waals surface area contributed by atoms with Crippen LogP contribution in [0.3, 0.4) is 0 Å². The zero-order valence-corrected chi connectivity index (χ0v) is 38.1. The minimum Gasteiger partial charge on any atom is -0.453 e. The third-order valence-corrected chi connectivity index (χ3v) is 13.8. The molecule has 5 amide bonds. The summed E-state index contributed by atoms with van der Waals surface area (Å²) in [6.07, 6.45) is 4.52. The number of nitrogens with zero attached hydrogens (tertiary/aromatic N) is 4. The number of morpholine rings is 1. The highest BCUT2D eigenvalue weighted by molar-refractivity contribution is 6.06. The molecule has 6 aromatic rings. The van der Waals surface area contributed by atoms with Gasteiger partial charge in [0, 0.05) is 37.8 Å². The first-order valence-electron chi connectivity index (χ1n) is 23.5. The maximum atomic E-state index is 14.4. The second kappa shape index (κ2) is 18.6. The summed E-state index contributed by atoms with van der Waals surface area (Å²) in [4.78, 5) is 67.6. The van der Waals surface area contributed by atoms with Crippen LogP contribution in [0.15, 0.2) is 103 Å². The number of alkyl carbamates (subject to hydrolysis) is 1. The molecular formula is C52H57N9O6. The van der Waals surface area contributed by atoms with Gasteiger partial charge in [-0.15, -0.1) is 0 Å². The van der Waals surface area contributed by atoms with Crippen LogP contribution in [0.5, 0.6) is 0 Å². The first-order chi connectivity index (χ1) is 32.6. The van der Waals surface area contributed by atoms with Gasteiger partial charge in [-0.3, -0.25) is 9.59 Å². The van der Waals surface area contributed by atoms with Crippen molar-refractivity contribution >= 4 is 62.2 Å². The monoisotopic (exact) mass is 903 g/mol. The Labute approximate surface area is 389 Å². The van der Waals surface area contributed by atoms with Crippen LogP contribution in [0, 0.1) is 5.92 Å². The molecule has 0 spiro atoms. The summed E-state index contributed by atoms with van der Waals surface area (Å²) in [7, 11) is 1.30. The van der Waals surface area contributed by atoms with Gasteiger partial charge in [-0.25, -0.2) is 14.6 Å². The van der Waals surface area contributed by atoms with E-state index in [0.29, 0.717) is 39.4 Å². The minimum absolute atomic E-state index is 0.112. The van der Waals surface area contributed by atoms with E-state index < -0.39 is 18.2 Å². The Morgan fingerprint density at radius 2 is 1.45 bits per heavy atom. The molecule has 5 aromatic carbocycles. The smallest absolute Gasteiger partial charge is 0.407 e. The Morgan fingerprint density at radius 1 is 0.761 bits per heavy atom. The maximum Gasteiger partial charge on any atom is 0.407 e. The van der Waals surface area contributed by atoms with Crippen molar-refractivity contribution in [3.63, 3.8) is 0 Å². The lowest BCUT2D eigenvalue weighted by atomic mass is 9.97. The number of aromatic amines is 1. The van der Waals surface area contributed by atoms with Gasteiger partial charge in [0.05, 0.1) is 49.1 Å². The van der Waals surface area contributed by atoms with Crippen molar-refractivity contribution < 1.29 is 28.7 Å². The molecule has 3 saturated heterocycles. The third kappa shape index (κ3) is 8.71. The highest BCUT2D eigenvalue weighted by Gasteiger charge is 2.41. The molecule has 67 heavy (non-hydrogen) atoms. The molecule has 0 bridgehead atoms. The van der Waals surface area contributed by atoms with Crippen LogP contribution in [0.2, 0.25) is 0 Å². The van der Waals surface area contributed by atoms with Gasteiger partial charge in [-0.2, -0.15) is 0 Å². The quantitative estimate of drug-likeness (QED) is 0.0956. The van der Waals surface area contributed by atoms with Crippen LogP contribution in [0.4, 0.5) is 9.59 Å². The van der Waals surface area contributed by atoms with Gasteiger partial charge in [0.2, 0.25) is 11.8 Å². The number of carbonyl (C=O) groups is 4. The average Bonchev–Trinajstić information content (AvgIpc) is 4.21. The molecule has 346 valence electrons. The fraction of sp³-hybridized carbons (Fsp3) is 0.365. The number of rotatable bonds is 10. The number of hydrogen-bond acceptors (Lipinski definition) is 9. The zero-order valence-electron chi connectivity index (χ0n) is 38.1. The van der Waals surface area contributed by atoms with E-state index in [-0.39, 0.29) is 42.0 Å². The molecule has 1 unspecified atom stereocenters. The first kappa shape index (κ1) is 43.7. The molecule has 15 heteroatoms. The summed E-state index contributed by atoms with van der Waals surface area (Å²) >= 11 is 0. The summed E-state index contributed by atoms with van der Waals surface area (Å²) in [5.41, 5.74) is 6.73. The number of hydrogen-bond donors (Lipinski definition) is 5. The lowest BCUT2D eigenvalue weighted by molar-refractivity contribution is -0.136. The van der Waals surface area contributed by atoms with Crippen molar-refractivity contribution in [1.29, 1.82) is 0 Å². The second-order valence-electron chi connectivity index (χ2n) is 18.3. The Kier molecular flexibility index (Phi) is 12.2. The average molecular weight is 904 g/mol. The minimum atomic E-state index is -0.803. The van der Waals surface area contributed by atoms with Crippen molar-refractivity contribution in [2.24, 2.45) is 5.92 Å². The molecule has 4 aliphatic heterocycles. The van der Waals surface area contributed by atoms with E-state index in [0.717, 1.165) is 92.0 Å². The molecule has 3 fully saturated rings. The van der Waals surface area contributed by atoms with Gasteiger partial charge >= 0.3 is 12.1 Å². The van der Waals surface area contributed by atoms with Crippen LogP contribution < -0.4 is 21.3 Å². The third-order valence-electron chi connectivity index (χ3n) is 13.8. The van der Waals surface area contributed by atoms with E-state index in [4.69, 9.17) is 14.5 Å². The van der Waals surface area contributed by atoms with Crippen molar-refractivity contribution in [2.75, 3.05) is 46.5 Å². The molecule has 5 heterocycles. The highest BCUT2D eigenvalue weighted by Crippen LogP contribution is 2.36. The Balaban J connectivity index is 0.823. The number of urea groups is 1. The van der Waals surface area contributed by atoms with E-state index in [1.54, 1.807) is 4.90 Å². The van der Waals surface area contributed by atoms with Gasteiger partial charge < -0.3 is 50.4 Å². The fourth-order valence-corrected chi connectivity index (χ4v) is 10.2. The van der Waals surface area contributed by atoms with Crippen molar-refractivity contribution in [1.82, 2.24) is 45.9 Å². The number of ether oxygens (including phenoxy) is 2. The number of fused-ring (bicyclic) bond motifs is 4. The second-order valence-corrected chi connectivity index (χ2v) is 18.3. The number of benzene rings is 5. The number of carbonyl (C=O) groups excluding carboxylic acids is 4. The molecule has 1 aromatic heterocycles. The van der Waals surface area contributed by atoms with E-state index in [9.17, 15) is 19.2 Å². The SMILES string of the molecule is COC(=O)N[C@H](C(=O)N1CCC[C@H]1c1nc2c(ccc3cc(-c4ccc5cc(C6=CNC([C@@H]7CCCN7C(=O)[C@H](NC(=O)N7CCOCC7)c7ccccc7)N6)ccc5c4)ccc32)[nH]1)C(C)C. The highest BCUT2D eigenvalue weighted by atomic mass is 16.5. The summed E-state index contributed by atoms with van der Waals surface area (Å²) in [5.74, 6) is 0.388. The molecular weight excluding hydrogens is 847 g/mol. The predicted octanol–water partition coefficient (Wildman–Crippen LogP) is 7.17. The summed E-state index contributed by atoms with van der Waals surface area (Å²) in [6, 6.07) is 31.0. The number of methoxy groups -OCH3 is 1. The molecule has 5 atom stereocenters. The van der Waals surface area contributed by atoms with E-state index >= 15 is 0 Å². The summed E-state index contributed by atoms with van der Waals surface area (Å²) in [6.45, 7) is 6.98. The molecule has 0 radical (unpaired) electrons. The number of imidazole rings is 1. The first-order valence-corrected chi connectivity index (χ1v) is 23.5. The largest absolute Gasteiger partial charge is 0.453 e. The van der Waals surface area contributed by atoms with E-state index in [1.165, 1.54) is 7.11 Å². The summed E-state index contributed by atoms with van der Waals surface area (Å²) in [5, 5.41) is 17.3. The van der Waals surface area contributed by atoms with Crippen LogP contribution in [0.1, 0.15) is 68.6 Å². The lowest BCUT2D eigenvalue weighted by Gasteiger charge is -2.34. The fourth-order valence-electron chi connectivity index (χ4n) is 10.2. The topological polar surface area (TPSA) is 173 Å². The molecule has 0 saturated carbocycles. The van der Waals surface area contributed by atoms with Gasteiger partial charge in [-0.1, -0.05) is 86.6 Å². The van der Waals surface area contributed by atoms with Gasteiger partial charge in [0.15, 0.2) is 0 Å². The Bertz CT molecular complexity index is 2880. The molecule has 10 rings (SSSR count).